The topological polar surface area (TPSA) is 225 Å². The number of nitrogens with zero attached hydrogens (tertiary/aromatic N) is 2. The molecule has 2 aliphatic heterocycles. The van der Waals surface area contributed by atoms with Crippen LogP contribution in [-0.2, 0) is 35.2 Å². The molecule has 2 aliphatic rings. The molecule has 14 nitrogen and oxygen atoms in total. The number of ketones is 4. The first-order valence-electron chi connectivity index (χ1n) is 22.7. The van der Waals surface area contributed by atoms with Gasteiger partial charge in [0.25, 0.3) is 0 Å². The van der Waals surface area contributed by atoms with Crippen molar-refractivity contribution in [2.45, 2.75) is 96.4 Å². The third-order valence-corrected chi connectivity index (χ3v) is 13.2. The number of aliphatic hydroxyl groups is 1. The summed E-state index contributed by atoms with van der Waals surface area (Å²) >= 11 is 6.06. The van der Waals surface area contributed by atoms with Crippen LogP contribution in [0, 0.1) is 17.8 Å². The number of aliphatic hydroxyl groups excluding tert-OH is 1. The van der Waals surface area contributed by atoms with Crippen molar-refractivity contribution in [3.8, 4) is 33.8 Å². The molecule has 4 aromatic carbocycles. The van der Waals surface area contributed by atoms with Crippen LogP contribution in [0.15, 0.2) is 84.9 Å². The van der Waals surface area contributed by atoms with Crippen molar-refractivity contribution in [2.24, 2.45) is 23.5 Å². The molecule has 7 atom stereocenters. The molecule has 67 heavy (non-hydrogen) atoms. The van der Waals surface area contributed by atoms with Gasteiger partial charge in [0.05, 0.1) is 18.2 Å². The van der Waals surface area contributed by atoms with Gasteiger partial charge in [-0.05, 0) is 91.4 Å². The number of unbranched alkanes of at least 4 members (excludes halogenated alkanes) is 1. The van der Waals surface area contributed by atoms with E-state index in [2.05, 4.69) is 5.32 Å². The summed E-state index contributed by atoms with van der Waals surface area (Å²) in [5.74, 6) is -6.47. The van der Waals surface area contributed by atoms with E-state index in [1.807, 2.05) is 24.3 Å². The Morgan fingerprint density at radius 2 is 1.49 bits per heavy atom. The number of nitrogens with one attached hydrogen (secondary N) is 1. The van der Waals surface area contributed by atoms with Crippen LogP contribution < -0.4 is 11.1 Å². The molecule has 3 amide bonds. The monoisotopic (exact) mass is 934 g/mol. The molecule has 0 aromatic heterocycles. The molecule has 6 rings (SSSR count). The summed E-state index contributed by atoms with van der Waals surface area (Å²) in [5.41, 5.74) is 9.08. The number of phenols is 2. The highest BCUT2D eigenvalue weighted by molar-refractivity contribution is 6.30. The highest BCUT2D eigenvalue weighted by atomic mass is 35.5. The van der Waals surface area contributed by atoms with Crippen LogP contribution in [0.5, 0.6) is 11.5 Å². The lowest BCUT2D eigenvalue weighted by atomic mass is 9.87. The number of halogens is 1. The average molecular weight is 936 g/mol. The van der Waals surface area contributed by atoms with Crippen molar-refractivity contribution in [3.63, 3.8) is 0 Å². The highest BCUT2D eigenvalue weighted by Crippen LogP contribution is 2.40. The number of carbonyl (C=O) groups excluding carboxylic acids is 7. The summed E-state index contributed by atoms with van der Waals surface area (Å²) in [6.45, 7) is 4.73. The van der Waals surface area contributed by atoms with E-state index >= 15 is 0 Å². The number of likely N-dealkylation sites (tertiary alicyclic amines) is 1. The van der Waals surface area contributed by atoms with Crippen LogP contribution in [0.3, 0.4) is 0 Å². The minimum absolute atomic E-state index is 0.0483. The first kappa shape index (κ1) is 50.2. The average Bonchev–Trinajstić information content (AvgIpc) is 3.70. The maximum atomic E-state index is 14.7. The van der Waals surface area contributed by atoms with E-state index in [4.69, 9.17) is 17.3 Å². The van der Waals surface area contributed by atoms with Gasteiger partial charge in [-0.25, -0.2) is 0 Å². The number of benzene rings is 4. The van der Waals surface area contributed by atoms with Crippen LogP contribution >= 0.6 is 11.6 Å². The van der Waals surface area contributed by atoms with Gasteiger partial charge < -0.3 is 36.2 Å². The molecular formula is C52H59ClN4O10. The fraction of sp³-hybridized carbons (Fsp3) is 0.404. The second-order valence-corrected chi connectivity index (χ2v) is 18.5. The zero-order chi connectivity index (χ0) is 48.7. The molecule has 15 heteroatoms. The molecule has 1 fully saturated rings. The van der Waals surface area contributed by atoms with Crippen LogP contribution in [0.2, 0.25) is 5.02 Å². The third-order valence-electron chi connectivity index (χ3n) is 13.0. The fourth-order valence-electron chi connectivity index (χ4n) is 9.14. The van der Waals surface area contributed by atoms with Crippen molar-refractivity contribution in [1.29, 1.82) is 0 Å². The number of fused-ring (bicyclic) bond motifs is 5. The summed E-state index contributed by atoms with van der Waals surface area (Å²) in [5, 5.41) is 36.0. The Bertz CT molecular complexity index is 2510. The van der Waals surface area contributed by atoms with E-state index < -0.39 is 71.3 Å². The van der Waals surface area contributed by atoms with Crippen LogP contribution in [0.1, 0.15) is 93.2 Å². The van der Waals surface area contributed by atoms with Crippen LogP contribution in [0.25, 0.3) is 22.3 Å². The van der Waals surface area contributed by atoms with Gasteiger partial charge in [0.1, 0.15) is 17.5 Å². The second-order valence-electron chi connectivity index (χ2n) is 18.1. The Morgan fingerprint density at radius 1 is 0.866 bits per heavy atom. The predicted octanol–water partition coefficient (Wildman–Crippen LogP) is 6.39. The maximum absolute atomic E-state index is 14.7. The number of amides is 3. The number of aromatic hydroxyl groups is 2. The molecule has 354 valence electrons. The number of phenolic OH excluding ortho intramolecular Hbond substituents is 2. The zero-order valence-corrected chi connectivity index (χ0v) is 39.0. The van der Waals surface area contributed by atoms with Crippen molar-refractivity contribution in [3.05, 3.63) is 107 Å². The quantitative estimate of drug-likeness (QED) is 0.0649. The number of hydrogen-bond donors (Lipinski definition) is 5. The standard InChI is InChI=1S/C52H59ClN4O10/c1-29-21-48(64)49(56(4)52(67)37(7-5-6-20-54)26-46(62)35-11-9-33(10-12-35)34-13-16-38(53)17-14-34)36-15-19-45(61)41(25-36)40-23-32(8-18-44(40)60)24-42(55-50(29)65)47(63)22-30(2)51(66)57-28-39(59)27-43(57)31(3)58/h8-19,23,25,29-30,37,39,42-43,49,59-61H,5-7,20-22,24,26-28,54H2,1-4H3,(H,55,65)/t29-,30-,37-,39+,42+,43+,49+/m1/s1. The molecular weight excluding hydrogens is 876 g/mol. The largest absolute Gasteiger partial charge is 0.507 e. The van der Waals surface area contributed by atoms with Crippen molar-refractivity contribution >= 4 is 52.5 Å². The van der Waals surface area contributed by atoms with Gasteiger partial charge in [0.2, 0.25) is 17.7 Å². The number of hydrogen-bond acceptors (Lipinski definition) is 11. The van der Waals surface area contributed by atoms with Crippen molar-refractivity contribution in [1.82, 2.24) is 15.1 Å². The first-order chi connectivity index (χ1) is 31.9. The molecule has 2 heterocycles. The summed E-state index contributed by atoms with van der Waals surface area (Å²) in [6.07, 6.45) is -0.288. The van der Waals surface area contributed by atoms with E-state index in [0.29, 0.717) is 42.0 Å². The fourth-order valence-corrected chi connectivity index (χ4v) is 9.27. The molecule has 0 spiro atoms. The predicted molar refractivity (Wildman–Crippen MR) is 253 cm³/mol. The van der Waals surface area contributed by atoms with Crippen LogP contribution in [0.4, 0.5) is 0 Å². The minimum Gasteiger partial charge on any atom is -0.507 e. The molecule has 4 aromatic rings. The van der Waals surface area contributed by atoms with Gasteiger partial charge in [0.15, 0.2) is 23.1 Å². The van der Waals surface area contributed by atoms with Gasteiger partial charge in [-0.2, -0.15) is 0 Å². The van der Waals surface area contributed by atoms with E-state index in [1.165, 1.54) is 55.0 Å². The lowest BCUT2D eigenvalue weighted by Gasteiger charge is -2.32. The normalized spacial score (nSPS) is 20.6. The molecule has 0 unspecified atom stereocenters. The summed E-state index contributed by atoms with van der Waals surface area (Å²) in [7, 11) is 1.46. The Morgan fingerprint density at radius 3 is 2.13 bits per heavy atom. The second kappa shape index (κ2) is 22.1. The third kappa shape index (κ3) is 12.0. The van der Waals surface area contributed by atoms with Gasteiger partial charge in [-0.15, -0.1) is 0 Å². The number of Topliss-reactive ketones (excluding diaryl/α,β-unsaturated/α-hetero) is 4. The van der Waals surface area contributed by atoms with E-state index in [0.717, 1.165) is 11.1 Å². The lowest BCUT2D eigenvalue weighted by Crippen LogP contribution is -2.47. The number of carbonyl (C=O) groups is 7. The van der Waals surface area contributed by atoms with E-state index in [-0.39, 0.29) is 78.4 Å². The lowest BCUT2D eigenvalue weighted by molar-refractivity contribution is -0.142. The van der Waals surface area contributed by atoms with Crippen molar-refractivity contribution < 1.29 is 48.9 Å². The Balaban J connectivity index is 1.29. The molecule has 1 saturated heterocycles. The number of nitrogens with two attached hydrogens (primary N) is 1. The van der Waals surface area contributed by atoms with E-state index in [9.17, 15) is 48.9 Å². The number of rotatable bonds is 15. The summed E-state index contributed by atoms with van der Waals surface area (Å²) in [6, 6.07) is 19.9. The molecule has 0 saturated carbocycles. The molecule has 0 radical (unpaired) electrons. The molecule has 0 aliphatic carbocycles. The van der Waals surface area contributed by atoms with Gasteiger partial charge >= 0.3 is 0 Å². The summed E-state index contributed by atoms with van der Waals surface area (Å²) < 4.78 is 0. The number of likely N-dealkylation sites (N-methyl/N-ethyl adjacent to an activating group) is 1. The first-order valence-corrected chi connectivity index (χ1v) is 23.1. The zero-order valence-electron chi connectivity index (χ0n) is 38.2. The SMILES string of the molecule is CC(=O)[C@@H]1C[C@H](O)CN1C(=O)[C@H](C)CC(=O)[C@@H]1Cc2ccc(O)c(c2)-c2cc(ccc2O)[C@H](N(C)C(=O)[C@H](CCCCN)CC(=O)c2ccc(-c3ccc(Cl)cc3)cc2)C(=O)C[C@@H](C)C(=O)N1. The van der Waals surface area contributed by atoms with Crippen molar-refractivity contribution in [2.75, 3.05) is 20.1 Å². The van der Waals surface area contributed by atoms with Crippen LogP contribution in [-0.4, -0.2) is 104 Å². The Hall–Kier alpha value is -6.22. The maximum Gasteiger partial charge on any atom is 0.226 e. The Labute approximate surface area is 395 Å². The smallest absolute Gasteiger partial charge is 0.226 e. The molecule has 4 bridgehead atoms. The van der Waals surface area contributed by atoms with Gasteiger partial charge in [0, 0.05) is 78.7 Å². The van der Waals surface area contributed by atoms with Gasteiger partial charge in [-0.1, -0.05) is 80.4 Å². The van der Waals surface area contributed by atoms with Gasteiger partial charge in [-0.3, -0.25) is 33.6 Å². The number of β-amino-alcohol motifs (C(OH)–C–C–N with tert-alkyl or cyclic N) is 1. The van der Waals surface area contributed by atoms with E-state index in [1.54, 1.807) is 43.3 Å². The highest BCUT2D eigenvalue weighted by Gasteiger charge is 2.40. The minimum atomic E-state index is -1.31. The molecule has 6 N–H and O–H groups in total. The summed E-state index contributed by atoms with van der Waals surface area (Å²) in [4.78, 5) is 99.8. The Kier molecular flexibility index (Phi) is 16.5.